The Morgan fingerprint density at radius 2 is 1.73 bits per heavy atom. The third-order valence-electron chi connectivity index (χ3n) is 6.72. The van der Waals surface area contributed by atoms with E-state index in [1.54, 1.807) is 24.4 Å². The predicted molar refractivity (Wildman–Crippen MR) is 172 cm³/mol. The number of nitrogens with zero attached hydrogens (tertiary/aromatic N) is 2. The second kappa shape index (κ2) is 13.1. The normalized spacial score (nSPS) is 13.3. The van der Waals surface area contributed by atoms with Gasteiger partial charge in [-0.2, -0.15) is 11.3 Å². The van der Waals surface area contributed by atoms with Crippen molar-refractivity contribution in [3.8, 4) is 22.5 Å². The van der Waals surface area contributed by atoms with E-state index in [0.717, 1.165) is 43.6 Å². The molecule has 0 N–H and O–H groups in total. The summed E-state index contributed by atoms with van der Waals surface area (Å²) in [6, 6.07) is 28.1. The maximum absolute atomic E-state index is 14.1. The Bertz CT molecular complexity index is 1870. The van der Waals surface area contributed by atoms with E-state index in [1.165, 1.54) is 27.9 Å². The largest absolute Gasteiger partial charge is 0 e. The first-order valence-electron chi connectivity index (χ1n) is 15.1. The molecule has 0 aliphatic heterocycles. The van der Waals surface area contributed by atoms with Crippen molar-refractivity contribution in [2.45, 2.75) is 43.9 Å². The molecule has 0 aliphatic rings. The van der Waals surface area contributed by atoms with Crippen LogP contribution in [0.5, 0.6) is 0 Å². The fourth-order valence-electron chi connectivity index (χ4n) is 4.38. The van der Waals surface area contributed by atoms with Gasteiger partial charge in [-0.15, -0.1) is 23.8 Å². The third kappa shape index (κ3) is 7.03. The van der Waals surface area contributed by atoms with Crippen LogP contribution in [0.15, 0.2) is 85.2 Å². The molecule has 0 saturated carbocycles. The Morgan fingerprint density at radius 3 is 2.39 bits per heavy atom. The van der Waals surface area contributed by atoms with Gasteiger partial charge >= 0.3 is 110 Å². The molecule has 3 aromatic heterocycles. The van der Waals surface area contributed by atoms with Crippen molar-refractivity contribution in [1.82, 2.24) is 9.97 Å². The van der Waals surface area contributed by atoms with Crippen LogP contribution >= 0.6 is 11.3 Å². The van der Waals surface area contributed by atoms with Gasteiger partial charge in [-0.1, -0.05) is 43.0 Å². The molecule has 6 heteroatoms. The molecule has 0 fully saturated rings. The molecule has 6 rings (SSSR count). The summed E-state index contributed by atoms with van der Waals surface area (Å²) < 4.78 is 47.4. The van der Waals surface area contributed by atoms with Crippen LogP contribution in [0, 0.1) is 24.8 Å². The molecular weight excluding hydrogens is 764 g/mol. The van der Waals surface area contributed by atoms with Crippen LogP contribution in [0.25, 0.3) is 42.7 Å². The van der Waals surface area contributed by atoms with Crippen molar-refractivity contribution in [2.24, 2.45) is 0 Å². The quantitative estimate of drug-likeness (QED) is 0.131. The van der Waals surface area contributed by atoms with Gasteiger partial charge in [0.25, 0.3) is 0 Å². The number of hydrogen-bond donors (Lipinski definition) is 0. The van der Waals surface area contributed by atoms with Gasteiger partial charge in [0.15, 0.2) is 0 Å². The molecule has 0 spiro atoms. The first kappa shape index (κ1) is 26.0. The van der Waals surface area contributed by atoms with E-state index >= 15 is 0 Å². The van der Waals surface area contributed by atoms with Crippen molar-refractivity contribution in [3.63, 3.8) is 0 Å². The molecule has 0 amide bonds. The molecule has 3 heterocycles. The fraction of sp³-hybridized carbons (Fsp3) is 0.200. The third-order valence-corrected chi connectivity index (χ3v) is 12.2. The van der Waals surface area contributed by atoms with Gasteiger partial charge in [-0.25, -0.2) is 4.39 Å². The van der Waals surface area contributed by atoms with Gasteiger partial charge in [0.1, 0.15) is 5.82 Å². The van der Waals surface area contributed by atoms with E-state index in [1.807, 2.05) is 56.4 Å². The summed E-state index contributed by atoms with van der Waals surface area (Å²) in [7, 11) is 0. The molecule has 2 nitrogen and oxygen atoms in total. The number of rotatable bonds is 4. The summed E-state index contributed by atoms with van der Waals surface area (Å²) in [5.74, 6) is 6.09. The molecule has 6 aromatic rings. The van der Waals surface area contributed by atoms with Crippen LogP contribution in [0.4, 0.5) is 4.39 Å². The molecule has 3 aromatic carbocycles. The zero-order valence-corrected chi connectivity index (χ0v) is 28.9. The Hall–Kier alpha value is -2.70. The summed E-state index contributed by atoms with van der Waals surface area (Å²) in [5, 5.41) is 1.93. The van der Waals surface area contributed by atoms with Crippen molar-refractivity contribution in [2.75, 3.05) is 0 Å². The minimum absolute atomic E-state index is 0. The zero-order chi connectivity index (χ0) is 31.9. The van der Waals surface area contributed by atoms with Gasteiger partial charge in [-0.3, -0.25) is 0 Å². The van der Waals surface area contributed by atoms with Crippen molar-refractivity contribution < 1.29 is 30.0 Å². The monoisotopic (exact) mass is 803 g/mol. The maximum Gasteiger partial charge on any atom is 0 e. The number of halogens is 1. The second-order valence-electron chi connectivity index (χ2n) is 10.9. The average Bonchev–Trinajstić information content (AvgIpc) is 3.37. The second-order valence-corrected chi connectivity index (χ2v) is 22.6. The number of aromatic nitrogens is 2. The summed E-state index contributed by atoms with van der Waals surface area (Å²) in [4.78, 5) is 8.95. The average molecular weight is 802 g/mol. The number of pyridine rings is 2. The summed E-state index contributed by atoms with van der Waals surface area (Å²) in [6.45, 7) is 1.63. The Labute approximate surface area is 268 Å². The van der Waals surface area contributed by atoms with E-state index < -0.39 is 26.0 Å². The molecule has 41 heavy (non-hydrogen) atoms. The number of aryl methyl sites for hydroxylation is 1. The van der Waals surface area contributed by atoms with Crippen LogP contribution in [0.2, 0.25) is 17.3 Å². The Kier molecular flexibility index (Phi) is 8.29. The number of benzene rings is 3. The van der Waals surface area contributed by atoms with E-state index in [-0.39, 0.29) is 25.9 Å². The number of thiophene rings is 1. The summed E-state index contributed by atoms with van der Waals surface area (Å²) >= 11 is -0.401. The Morgan fingerprint density at radius 1 is 0.927 bits per heavy atom. The first-order valence-corrected chi connectivity index (χ1v) is 21.3. The van der Waals surface area contributed by atoms with Gasteiger partial charge in [0, 0.05) is 27.7 Å². The Balaban J connectivity index is 0.000000204. The zero-order valence-electron chi connectivity index (χ0n) is 27.6. The van der Waals surface area contributed by atoms with Crippen molar-refractivity contribution in [1.29, 1.82) is 0 Å². The van der Waals surface area contributed by atoms with E-state index in [4.69, 9.17) is 5.48 Å². The topological polar surface area (TPSA) is 25.8 Å². The minimum atomic E-state index is -2.08. The van der Waals surface area contributed by atoms with Crippen molar-refractivity contribution >= 4 is 49.2 Å². The van der Waals surface area contributed by atoms with Crippen LogP contribution in [0.3, 0.4) is 0 Å². The minimum Gasteiger partial charge on any atom is 0 e. The predicted octanol–water partition coefficient (Wildman–Crippen LogP) is 9.58. The smallest absolute Gasteiger partial charge is 0 e. The number of fused-ring (bicyclic) bond motifs is 3. The van der Waals surface area contributed by atoms with Gasteiger partial charge in [-0.05, 0) is 33.8 Å². The number of hydrogen-bond acceptors (Lipinski definition) is 3. The fourth-order valence-corrected chi connectivity index (χ4v) is 7.76. The molecule has 0 atom stereocenters. The molecule has 211 valence electrons. The van der Waals surface area contributed by atoms with Crippen LogP contribution in [0.1, 0.15) is 36.4 Å². The van der Waals surface area contributed by atoms with E-state index in [9.17, 15) is 4.39 Å². The van der Waals surface area contributed by atoms with Crippen LogP contribution < -0.4 is 4.40 Å². The molecule has 0 unspecified atom stereocenters. The van der Waals surface area contributed by atoms with Gasteiger partial charge in [0.05, 0.1) is 4.70 Å². The van der Waals surface area contributed by atoms with Crippen LogP contribution in [-0.2, 0) is 20.1 Å². The van der Waals surface area contributed by atoms with Gasteiger partial charge < -0.3 is 4.98 Å². The van der Waals surface area contributed by atoms with E-state index in [0.29, 0.717) is 10.3 Å². The summed E-state index contributed by atoms with van der Waals surface area (Å²) in [6.07, 6.45) is 3.67. The van der Waals surface area contributed by atoms with E-state index in [2.05, 4.69) is 45.4 Å². The molecular formula is C35H33FGeIrN2S-2. The SMILES string of the molecule is [2H]C(C)(C)c1ccnc(-c2[c-]ccc3c2sc2c(F)cccc23)c1.[2H]C([2H])([2H])c1c[c-]c(-c2cc[c]([Ge]([CH3])([CH3])[CH3])cn2)cc1.[Ir]. The van der Waals surface area contributed by atoms with Crippen LogP contribution in [-0.4, -0.2) is 23.2 Å². The molecule has 0 bridgehead atoms. The molecule has 0 saturated heterocycles. The standard InChI is InChI=1S/C20H15FNS.C15H18GeN.Ir/c1-12(2)13-9-10-22-18(11-13)16-7-3-5-14-15-6-4-8-17(21)20(15)23-19(14)16;1-12-5-7-13(8-6-12)15-10-9-14(11-17-15)16(2,3)4;/h3-6,8-12H,1-2H3;5-7,9-11H,1-4H3;/q2*-1;/i12D;1D3;. The first-order chi connectivity index (χ1) is 20.6. The maximum atomic E-state index is 14.1. The summed E-state index contributed by atoms with van der Waals surface area (Å²) in [5.41, 5.74) is 4.49. The molecule has 1 radical (unpaired) electrons. The van der Waals surface area contributed by atoms with Crippen molar-refractivity contribution in [3.05, 3.63) is 114 Å². The van der Waals surface area contributed by atoms with Gasteiger partial charge in [0.2, 0.25) is 0 Å². The molecule has 0 aliphatic carbocycles.